The van der Waals surface area contributed by atoms with Crippen LogP contribution in [-0.4, -0.2) is 30.2 Å². The van der Waals surface area contributed by atoms with Gasteiger partial charge in [-0.3, -0.25) is 4.79 Å². The lowest BCUT2D eigenvalue weighted by Gasteiger charge is -2.26. The van der Waals surface area contributed by atoms with Crippen LogP contribution >= 0.6 is 0 Å². The highest BCUT2D eigenvalue weighted by atomic mass is 16.5. The van der Waals surface area contributed by atoms with E-state index in [-0.39, 0.29) is 5.91 Å². The molecule has 1 fully saturated rings. The van der Waals surface area contributed by atoms with Gasteiger partial charge in [-0.05, 0) is 52.4 Å². The van der Waals surface area contributed by atoms with E-state index >= 15 is 0 Å². The highest BCUT2D eigenvalue weighted by molar-refractivity contribution is 5.78. The Bertz CT molecular complexity index is 348. The minimum atomic E-state index is 0.248. The summed E-state index contributed by atoms with van der Waals surface area (Å²) >= 11 is 0. The van der Waals surface area contributed by atoms with E-state index < -0.39 is 0 Å². The molecule has 1 unspecified atom stereocenters. The molecule has 0 spiro atoms. The minimum absolute atomic E-state index is 0.248. The number of allylic oxidation sites excluding steroid dienone is 2. The number of hydrogen-bond acceptors (Lipinski definition) is 2. The molecular formula is C15H25NO2. The van der Waals surface area contributed by atoms with Crippen LogP contribution in [0.2, 0.25) is 0 Å². The van der Waals surface area contributed by atoms with E-state index in [1.807, 2.05) is 4.90 Å². The number of likely N-dealkylation sites (tertiary alicyclic amines) is 1. The second kappa shape index (κ2) is 5.87. The molecule has 1 aliphatic heterocycles. The lowest BCUT2D eigenvalue weighted by Crippen LogP contribution is -2.34. The molecule has 0 aromatic carbocycles. The molecule has 3 heteroatoms. The van der Waals surface area contributed by atoms with E-state index in [1.165, 1.54) is 18.4 Å². The van der Waals surface area contributed by atoms with Crippen molar-refractivity contribution in [1.82, 2.24) is 4.90 Å². The number of ether oxygens (including phenoxy) is 1. The van der Waals surface area contributed by atoms with E-state index in [4.69, 9.17) is 4.74 Å². The number of amides is 1. The van der Waals surface area contributed by atoms with E-state index in [0.29, 0.717) is 25.1 Å². The summed E-state index contributed by atoms with van der Waals surface area (Å²) in [7, 11) is 0. The molecule has 1 heterocycles. The summed E-state index contributed by atoms with van der Waals surface area (Å²) < 4.78 is 5.76. The quantitative estimate of drug-likeness (QED) is 0.718. The average Bonchev–Trinajstić information content (AvgIpc) is 2.65. The summed E-state index contributed by atoms with van der Waals surface area (Å²) in [4.78, 5) is 13.5. The average molecular weight is 251 g/mol. The van der Waals surface area contributed by atoms with E-state index in [9.17, 15) is 4.79 Å². The third-order valence-electron chi connectivity index (χ3n) is 4.46. The van der Waals surface area contributed by atoms with Crippen LogP contribution in [-0.2, 0) is 9.53 Å². The van der Waals surface area contributed by atoms with Gasteiger partial charge in [-0.25, -0.2) is 0 Å². The van der Waals surface area contributed by atoms with Crippen LogP contribution in [0.5, 0.6) is 0 Å². The summed E-state index contributed by atoms with van der Waals surface area (Å²) in [6.45, 7) is 7.84. The Kier molecular flexibility index (Phi) is 4.44. The lowest BCUT2D eigenvalue weighted by atomic mass is 9.86. The number of nitrogens with zero attached hydrogens (tertiary/aromatic N) is 1. The molecule has 0 bridgehead atoms. The largest absolute Gasteiger partial charge is 0.361 e. The van der Waals surface area contributed by atoms with Crippen LogP contribution in [0.25, 0.3) is 0 Å². The number of hydrogen-bond donors (Lipinski definition) is 0. The molecule has 0 radical (unpaired) electrons. The highest BCUT2D eigenvalue weighted by Gasteiger charge is 2.27. The number of rotatable bonds is 4. The summed E-state index contributed by atoms with van der Waals surface area (Å²) in [5.41, 5.74) is 3.08. The van der Waals surface area contributed by atoms with Crippen molar-refractivity contribution >= 4 is 5.91 Å². The summed E-state index contributed by atoms with van der Waals surface area (Å²) in [6.07, 6.45) is 5.27. The highest BCUT2D eigenvalue weighted by Crippen LogP contribution is 2.29. The summed E-state index contributed by atoms with van der Waals surface area (Å²) in [6, 6.07) is 0.354. The third kappa shape index (κ3) is 3.14. The van der Waals surface area contributed by atoms with Gasteiger partial charge in [-0.2, -0.15) is 0 Å². The smallest absolute Gasteiger partial charge is 0.224 e. The zero-order valence-corrected chi connectivity index (χ0v) is 11.9. The Morgan fingerprint density at radius 2 is 2.00 bits per heavy atom. The van der Waals surface area contributed by atoms with Crippen molar-refractivity contribution in [1.29, 1.82) is 0 Å². The molecule has 0 saturated carbocycles. The van der Waals surface area contributed by atoms with Gasteiger partial charge in [0.15, 0.2) is 0 Å². The van der Waals surface area contributed by atoms with Crippen LogP contribution in [0.4, 0.5) is 0 Å². The molecule has 0 N–H and O–H groups in total. The maximum atomic E-state index is 11.6. The maximum absolute atomic E-state index is 11.6. The van der Waals surface area contributed by atoms with E-state index in [2.05, 4.69) is 20.8 Å². The predicted molar refractivity (Wildman–Crippen MR) is 72.1 cm³/mol. The predicted octanol–water partition coefficient (Wildman–Crippen LogP) is 3.11. The van der Waals surface area contributed by atoms with Gasteiger partial charge >= 0.3 is 0 Å². The van der Waals surface area contributed by atoms with Gasteiger partial charge in [0.05, 0.1) is 6.61 Å². The molecule has 0 aromatic rings. The Labute approximate surface area is 110 Å². The van der Waals surface area contributed by atoms with Gasteiger partial charge in [0.2, 0.25) is 5.91 Å². The Hall–Kier alpha value is -0.830. The second-order valence-corrected chi connectivity index (χ2v) is 5.92. The molecule has 102 valence electrons. The van der Waals surface area contributed by atoms with Crippen LogP contribution in [0, 0.1) is 5.92 Å². The monoisotopic (exact) mass is 251 g/mol. The third-order valence-corrected chi connectivity index (χ3v) is 4.46. The zero-order valence-electron chi connectivity index (χ0n) is 11.9. The molecule has 1 aliphatic carbocycles. The van der Waals surface area contributed by atoms with Crippen molar-refractivity contribution in [2.45, 2.75) is 58.9 Å². The van der Waals surface area contributed by atoms with E-state index in [0.717, 1.165) is 19.4 Å². The molecular weight excluding hydrogens is 226 g/mol. The van der Waals surface area contributed by atoms with Crippen LogP contribution < -0.4 is 0 Å². The fourth-order valence-corrected chi connectivity index (χ4v) is 2.88. The van der Waals surface area contributed by atoms with Crippen LogP contribution in [0.3, 0.4) is 0 Å². The van der Waals surface area contributed by atoms with Gasteiger partial charge in [0, 0.05) is 12.5 Å². The molecule has 1 saturated heterocycles. The molecule has 2 atom stereocenters. The fraction of sp³-hybridized carbons (Fsp3) is 0.800. The summed E-state index contributed by atoms with van der Waals surface area (Å²) in [5, 5.41) is 0. The zero-order chi connectivity index (χ0) is 13.1. The standard InChI is InChI=1S/C15H25NO2/c1-11-4-6-14(8-12(11)2)9-18-10-16-13(3)5-7-15(16)17/h13-14H,4-10H2,1-3H3/t13-,14?/m1/s1. The summed E-state index contributed by atoms with van der Waals surface area (Å²) in [5.74, 6) is 0.889. The Morgan fingerprint density at radius 1 is 1.22 bits per heavy atom. The van der Waals surface area contributed by atoms with Crippen LogP contribution in [0.15, 0.2) is 11.1 Å². The molecule has 2 aliphatic rings. The normalized spacial score (nSPS) is 29.3. The number of carbonyl (C=O) groups is 1. The van der Waals surface area contributed by atoms with Crippen molar-refractivity contribution < 1.29 is 9.53 Å². The topological polar surface area (TPSA) is 29.5 Å². The fourth-order valence-electron chi connectivity index (χ4n) is 2.88. The van der Waals surface area contributed by atoms with Gasteiger partial charge < -0.3 is 9.64 Å². The van der Waals surface area contributed by atoms with Gasteiger partial charge in [0.25, 0.3) is 0 Å². The first-order valence-corrected chi connectivity index (χ1v) is 7.10. The van der Waals surface area contributed by atoms with Gasteiger partial charge in [-0.1, -0.05) is 11.1 Å². The first-order valence-electron chi connectivity index (χ1n) is 7.10. The molecule has 1 amide bonds. The lowest BCUT2D eigenvalue weighted by molar-refractivity contribution is -0.134. The van der Waals surface area contributed by atoms with Crippen LogP contribution in [0.1, 0.15) is 52.9 Å². The van der Waals surface area contributed by atoms with E-state index in [1.54, 1.807) is 5.57 Å². The van der Waals surface area contributed by atoms with Crippen molar-refractivity contribution in [2.24, 2.45) is 5.92 Å². The molecule has 18 heavy (non-hydrogen) atoms. The molecule has 0 aromatic heterocycles. The molecule has 2 rings (SSSR count). The van der Waals surface area contributed by atoms with Crippen molar-refractivity contribution in [2.75, 3.05) is 13.3 Å². The first-order chi connectivity index (χ1) is 8.58. The van der Waals surface area contributed by atoms with Crippen molar-refractivity contribution in [3.05, 3.63) is 11.1 Å². The van der Waals surface area contributed by atoms with Gasteiger partial charge in [0.1, 0.15) is 6.73 Å². The van der Waals surface area contributed by atoms with Gasteiger partial charge in [-0.15, -0.1) is 0 Å². The Balaban J connectivity index is 1.72. The molecule has 3 nitrogen and oxygen atoms in total. The first kappa shape index (κ1) is 13.6. The van der Waals surface area contributed by atoms with Crippen molar-refractivity contribution in [3.63, 3.8) is 0 Å². The SMILES string of the molecule is CC1=C(C)CC(COCN2C(=O)CC[C@H]2C)CC1. The number of carbonyl (C=O) groups excluding carboxylic acids is 1. The second-order valence-electron chi connectivity index (χ2n) is 5.92. The Morgan fingerprint density at radius 3 is 2.61 bits per heavy atom. The van der Waals surface area contributed by atoms with Crippen molar-refractivity contribution in [3.8, 4) is 0 Å². The minimum Gasteiger partial charge on any atom is -0.361 e. The maximum Gasteiger partial charge on any atom is 0.224 e.